The topological polar surface area (TPSA) is 77.5 Å². The summed E-state index contributed by atoms with van der Waals surface area (Å²) in [6.07, 6.45) is -1.23. The Kier molecular flexibility index (Phi) is 3.86. The van der Waals surface area contributed by atoms with Crippen LogP contribution in [0.3, 0.4) is 0 Å². The average Bonchev–Trinajstić information content (AvgIpc) is 2.37. The van der Waals surface area contributed by atoms with Crippen LogP contribution < -0.4 is 0 Å². The highest BCUT2D eigenvalue weighted by Crippen LogP contribution is 2.48. The third-order valence-electron chi connectivity index (χ3n) is 3.19. The minimum atomic E-state index is -3.62. The van der Waals surface area contributed by atoms with Gasteiger partial charge in [0.05, 0.1) is 19.3 Å². The van der Waals surface area contributed by atoms with Gasteiger partial charge in [-0.1, -0.05) is 0 Å². The second-order valence-electron chi connectivity index (χ2n) is 5.01. The van der Waals surface area contributed by atoms with E-state index >= 15 is 0 Å². The first-order valence-corrected chi connectivity index (χ1v) is 7.83. The van der Waals surface area contributed by atoms with Crippen molar-refractivity contribution in [1.82, 2.24) is 5.06 Å². The lowest BCUT2D eigenvalue weighted by atomic mass is 9.94. The summed E-state index contributed by atoms with van der Waals surface area (Å²) in [5, 5.41) is 1.66. The second kappa shape index (κ2) is 4.83. The van der Waals surface area contributed by atoms with Crippen LogP contribution in [0.4, 0.5) is 0 Å². The summed E-state index contributed by atoms with van der Waals surface area (Å²) in [5.41, 5.74) is -0.764. The fourth-order valence-electron chi connectivity index (χ4n) is 2.71. The van der Waals surface area contributed by atoms with Crippen LogP contribution >= 0.6 is 7.60 Å². The fourth-order valence-corrected chi connectivity index (χ4v) is 3.45. The Labute approximate surface area is 106 Å². The lowest BCUT2D eigenvalue weighted by molar-refractivity contribution is -0.252. The van der Waals surface area contributed by atoms with Crippen molar-refractivity contribution in [2.45, 2.75) is 30.8 Å². The molecule has 0 saturated carbocycles. The highest BCUT2D eigenvalue weighted by atomic mass is 31.2. The minimum absolute atomic E-state index is 0.221. The molecule has 8 heteroatoms. The SMILES string of the molecule is COC[C@@]12CN(C)OC([C@H](C)O1)[C@H]2OP(C)(=O)O. The number of rotatable bonds is 4. The lowest BCUT2D eigenvalue weighted by Crippen LogP contribution is -2.59. The van der Waals surface area contributed by atoms with E-state index in [1.165, 1.54) is 0 Å². The standard InChI is InChI=1S/C10H20NO6P/c1-7-8-9(17-18(4,12)13)10(15-7,6-14-3)5-11(2)16-8/h7-9H,5-6H2,1-4H3,(H,12,13)/t7-,8?,9+,10+/m0/s1. The van der Waals surface area contributed by atoms with Crippen molar-refractivity contribution in [2.75, 3.05) is 34.0 Å². The third kappa shape index (κ3) is 2.63. The van der Waals surface area contributed by atoms with Gasteiger partial charge in [-0.05, 0) is 6.92 Å². The van der Waals surface area contributed by atoms with Crippen molar-refractivity contribution in [3.8, 4) is 0 Å². The van der Waals surface area contributed by atoms with Crippen LogP contribution in [-0.4, -0.2) is 67.8 Å². The molecule has 0 aromatic rings. The first-order chi connectivity index (χ1) is 8.27. The molecule has 106 valence electrons. The van der Waals surface area contributed by atoms with Crippen molar-refractivity contribution in [3.05, 3.63) is 0 Å². The van der Waals surface area contributed by atoms with Crippen LogP contribution in [0.2, 0.25) is 0 Å². The number of nitrogens with zero attached hydrogens (tertiary/aromatic N) is 1. The second-order valence-corrected chi connectivity index (χ2v) is 6.82. The lowest BCUT2D eigenvalue weighted by Gasteiger charge is -2.41. The van der Waals surface area contributed by atoms with Gasteiger partial charge in [0.25, 0.3) is 0 Å². The molecule has 2 rings (SSSR count). The minimum Gasteiger partial charge on any atom is -0.382 e. The Hall–Kier alpha value is -0.0100. The smallest absolute Gasteiger partial charge is 0.325 e. The van der Waals surface area contributed by atoms with E-state index in [0.717, 1.165) is 6.66 Å². The van der Waals surface area contributed by atoms with E-state index in [1.807, 2.05) is 6.92 Å². The zero-order valence-corrected chi connectivity index (χ0v) is 11.9. The largest absolute Gasteiger partial charge is 0.382 e. The van der Waals surface area contributed by atoms with Gasteiger partial charge in [0, 0.05) is 20.8 Å². The van der Waals surface area contributed by atoms with Gasteiger partial charge in [-0.25, -0.2) is 0 Å². The van der Waals surface area contributed by atoms with Crippen LogP contribution in [0, 0.1) is 0 Å². The van der Waals surface area contributed by atoms with Gasteiger partial charge in [-0.2, -0.15) is 5.06 Å². The van der Waals surface area contributed by atoms with E-state index < -0.39 is 25.4 Å². The molecule has 0 amide bonds. The predicted octanol–water partition coefficient (Wildman–Crippen LogP) is 0.236. The van der Waals surface area contributed by atoms with Crippen LogP contribution in [-0.2, 0) is 23.4 Å². The summed E-state index contributed by atoms with van der Waals surface area (Å²) < 4.78 is 27.9. The van der Waals surface area contributed by atoms with Crippen molar-refractivity contribution in [1.29, 1.82) is 0 Å². The summed E-state index contributed by atoms with van der Waals surface area (Å²) in [4.78, 5) is 15.1. The van der Waals surface area contributed by atoms with Gasteiger partial charge in [0.1, 0.15) is 17.8 Å². The van der Waals surface area contributed by atoms with Crippen molar-refractivity contribution < 1.29 is 28.3 Å². The zero-order valence-electron chi connectivity index (χ0n) is 11.0. The molecule has 0 aromatic heterocycles. The number of likely N-dealkylation sites (N-methyl/N-ethyl adjacent to an activating group) is 1. The summed E-state index contributed by atoms with van der Waals surface area (Å²) in [7, 11) is -0.262. The quantitative estimate of drug-likeness (QED) is 0.739. The number of hydroxylamine groups is 2. The van der Waals surface area contributed by atoms with E-state index in [-0.39, 0.29) is 12.7 Å². The highest BCUT2D eigenvalue weighted by molar-refractivity contribution is 7.51. The molecule has 2 saturated heterocycles. The molecular formula is C10H20NO6P. The maximum atomic E-state index is 11.5. The monoisotopic (exact) mass is 281 g/mol. The van der Waals surface area contributed by atoms with E-state index in [9.17, 15) is 9.46 Å². The number of fused-ring (bicyclic) bond motifs is 2. The number of ether oxygens (including phenoxy) is 2. The van der Waals surface area contributed by atoms with Gasteiger partial charge >= 0.3 is 7.60 Å². The molecule has 18 heavy (non-hydrogen) atoms. The normalized spacial score (nSPS) is 43.9. The number of methoxy groups -OCH3 is 1. The molecule has 5 atom stereocenters. The van der Waals surface area contributed by atoms with Crippen LogP contribution in [0.25, 0.3) is 0 Å². The third-order valence-corrected chi connectivity index (χ3v) is 3.81. The summed E-state index contributed by atoms with van der Waals surface area (Å²) in [6, 6.07) is 0. The maximum Gasteiger partial charge on any atom is 0.325 e. The molecular weight excluding hydrogens is 261 g/mol. The van der Waals surface area contributed by atoms with Gasteiger partial charge in [0.15, 0.2) is 0 Å². The Balaban J connectivity index is 2.28. The molecule has 2 heterocycles. The molecule has 0 aromatic carbocycles. The Morgan fingerprint density at radius 2 is 2.28 bits per heavy atom. The highest BCUT2D eigenvalue weighted by Gasteiger charge is 2.60. The fraction of sp³-hybridized carbons (Fsp3) is 1.00. The molecule has 2 bridgehead atoms. The zero-order chi connectivity index (χ0) is 13.6. The van der Waals surface area contributed by atoms with Crippen molar-refractivity contribution >= 4 is 7.60 Å². The summed E-state index contributed by atoms with van der Waals surface area (Å²) >= 11 is 0. The Morgan fingerprint density at radius 1 is 1.61 bits per heavy atom. The summed E-state index contributed by atoms with van der Waals surface area (Å²) in [5.74, 6) is 0. The predicted molar refractivity (Wildman–Crippen MR) is 63.3 cm³/mol. The van der Waals surface area contributed by atoms with E-state index in [4.69, 9.17) is 18.8 Å². The van der Waals surface area contributed by atoms with Gasteiger partial charge < -0.3 is 14.4 Å². The molecule has 2 aliphatic rings. The van der Waals surface area contributed by atoms with Crippen molar-refractivity contribution in [2.24, 2.45) is 0 Å². The average molecular weight is 281 g/mol. The van der Waals surface area contributed by atoms with Gasteiger partial charge in [-0.15, -0.1) is 0 Å². The molecule has 2 fully saturated rings. The Morgan fingerprint density at radius 3 is 2.83 bits per heavy atom. The Bertz CT molecular complexity index is 356. The molecule has 1 N–H and O–H groups in total. The number of hydrogen-bond donors (Lipinski definition) is 1. The van der Waals surface area contributed by atoms with Crippen LogP contribution in [0.5, 0.6) is 0 Å². The maximum absolute atomic E-state index is 11.5. The first kappa shape index (κ1) is 14.4. The van der Waals surface area contributed by atoms with E-state index in [0.29, 0.717) is 6.54 Å². The van der Waals surface area contributed by atoms with Crippen LogP contribution in [0.15, 0.2) is 0 Å². The summed E-state index contributed by atoms with van der Waals surface area (Å²) in [6.45, 7) is 3.73. The molecule has 0 aliphatic carbocycles. The van der Waals surface area contributed by atoms with Crippen molar-refractivity contribution in [3.63, 3.8) is 0 Å². The first-order valence-electron chi connectivity index (χ1n) is 5.81. The van der Waals surface area contributed by atoms with E-state index in [1.54, 1.807) is 19.2 Å². The molecule has 0 radical (unpaired) electrons. The van der Waals surface area contributed by atoms with E-state index in [2.05, 4.69) is 0 Å². The molecule has 2 aliphatic heterocycles. The molecule has 0 spiro atoms. The van der Waals surface area contributed by atoms with Gasteiger partial charge in [-0.3, -0.25) is 13.9 Å². The molecule has 2 unspecified atom stereocenters. The molecule has 7 nitrogen and oxygen atoms in total. The number of hydrogen-bond acceptors (Lipinski definition) is 6. The van der Waals surface area contributed by atoms with Crippen LogP contribution in [0.1, 0.15) is 6.92 Å². The van der Waals surface area contributed by atoms with Gasteiger partial charge in [0.2, 0.25) is 0 Å².